The molecule has 0 aliphatic rings. The number of hydrogen-bond acceptors (Lipinski definition) is 1. The Bertz CT molecular complexity index is 134. The zero-order valence-corrected chi connectivity index (χ0v) is 9.91. The molecule has 0 aliphatic heterocycles. The molecule has 0 spiro atoms. The largest absolute Gasteiger partial charge is 0.289 e. The molecule has 1 nitrogen and oxygen atoms in total. The van der Waals surface area contributed by atoms with Crippen LogP contribution in [0.4, 0.5) is 0 Å². The monoisotopic (exact) mass is 203 g/mol. The second-order valence-electron chi connectivity index (χ2n) is 3.47. The number of carbonyl (C=O) groups excluding carboxylic acids is 1. The quantitative estimate of drug-likeness (QED) is 0.493. The average molecular weight is 203 g/mol. The van der Waals surface area contributed by atoms with E-state index in [1.807, 2.05) is 0 Å². The lowest BCUT2D eigenvalue weighted by atomic mass is 10.2. The minimum atomic E-state index is -0.553. The van der Waals surface area contributed by atoms with E-state index in [9.17, 15) is 4.79 Å². The fraction of sp³-hybridized carbons (Fsp3) is 0.818. The van der Waals surface area contributed by atoms with Crippen molar-refractivity contribution in [3.05, 3.63) is 6.26 Å². The van der Waals surface area contributed by atoms with Crippen LogP contribution in [0.15, 0.2) is 0 Å². The molecule has 2 heteroatoms. The minimum absolute atomic E-state index is 0.428. The molecule has 1 unspecified atom stereocenters. The Morgan fingerprint density at radius 2 is 1.77 bits per heavy atom. The third-order valence-corrected chi connectivity index (χ3v) is 3.91. The van der Waals surface area contributed by atoms with E-state index in [2.05, 4.69) is 20.1 Å². The van der Waals surface area contributed by atoms with E-state index in [-0.39, 0.29) is 0 Å². The lowest BCUT2D eigenvalue weighted by molar-refractivity contribution is -0.111. The molecule has 0 amide bonds. The lowest BCUT2D eigenvalue weighted by Gasteiger charge is -2.13. The summed E-state index contributed by atoms with van der Waals surface area (Å²) in [7, 11) is -0.553. The van der Waals surface area contributed by atoms with Crippen LogP contribution in [-0.4, -0.2) is 10.9 Å². The molecule has 0 rings (SSSR count). The zero-order valence-electron chi connectivity index (χ0n) is 9.01. The van der Waals surface area contributed by atoms with Gasteiger partial charge in [-0.25, -0.2) is 0 Å². The molecule has 0 N–H and O–H groups in total. The van der Waals surface area contributed by atoms with Gasteiger partial charge in [0.2, 0.25) is 0 Å². The maximum Gasteiger partial charge on any atom is 0.169 e. The van der Waals surface area contributed by atoms with Crippen molar-refractivity contribution in [2.45, 2.75) is 52.4 Å². The average Bonchev–Trinajstić information content (AvgIpc) is 2.14. The summed E-state index contributed by atoms with van der Waals surface area (Å²) in [5, 5.41) is 0.428. The Morgan fingerprint density at radius 1 is 1.15 bits per heavy atom. The third-order valence-electron chi connectivity index (χ3n) is 2.13. The number of rotatable bonds is 7. The lowest BCUT2D eigenvalue weighted by Crippen LogP contribution is -2.00. The summed E-state index contributed by atoms with van der Waals surface area (Å²) in [5.41, 5.74) is 0. The van der Waals surface area contributed by atoms with Crippen LogP contribution < -0.4 is 0 Å². The maximum atomic E-state index is 11.5. The second kappa shape index (κ2) is 8.61. The van der Waals surface area contributed by atoms with E-state index in [4.69, 9.17) is 0 Å². The van der Waals surface area contributed by atoms with Gasteiger partial charge in [-0.1, -0.05) is 33.1 Å². The molecule has 0 aromatic heterocycles. The van der Waals surface area contributed by atoms with Gasteiger partial charge in [-0.05, 0) is 24.9 Å². The van der Waals surface area contributed by atoms with Gasteiger partial charge >= 0.3 is 0 Å². The first-order valence-electron chi connectivity index (χ1n) is 5.33. The first-order chi connectivity index (χ1) is 6.22. The van der Waals surface area contributed by atoms with Gasteiger partial charge in [0.1, 0.15) is 0 Å². The van der Waals surface area contributed by atoms with Gasteiger partial charge < -0.3 is 0 Å². The van der Waals surface area contributed by atoms with Crippen LogP contribution in [0.1, 0.15) is 52.4 Å². The van der Waals surface area contributed by atoms with Crippen LogP contribution in [-0.2, 0) is 4.79 Å². The minimum Gasteiger partial charge on any atom is -0.289 e. The molecule has 0 saturated heterocycles. The third kappa shape index (κ3) is 7.12. The molecule has 0 aromatic rings. The first kappa shape index (κ1) is 13.0. The van der Waals surface area contributed by atoms with Gasteiger partial charge in [-0.15, -0.1) is 0 Å². The highest BCUT2D eigenvalue weighted by molar-refractivity contribution is 8.30. The molecule has 13 heavy (non-hydrogen) atoms. The van der Waals surface area contributed by atoms with Crippen LogP contribution in [0.25, 0.3) is 0 Å². The summed E-state index contributed by atoms with van der Waals surface area (Å²) in [5.74, 6) is 1.04. The van der Waals surface area contributed by atoms with Gasteiger partial charge in [0, 0.05) is 6.42 Å². The molecular formula is C11H23OS. The predicted molar refractivity (Wildman–Crippen MR) is 63.3 cm³/mol. The van der Waals surface area contributed by atoms with E-state index >= 15 is 0 Å². The van der Waals surface area contributed by atoms with Crippen molar-refractivity contribution >= 4 is 16.0 Å². The number of carbonyl (C=O) groups is 1. The fourth-order valence-corrected chi connectivity index (χ4v) is 2.58. The molecule has 0 bridgehead atoms. The van der Waals surface area contributed by atoms with Crippen molar-refractivity contribution in [3.8, 4) is 0 Å². The van der Waals surface area contributed by atoms with Crippen LogP contribution in [0, 0.1) is 6.26 Å². The SMILES string of the molecule is [CH2][SH](CCCC)C(=O)CCCCC. The van der Waals surface area contributed by atoms with Crippen molar-refractivity contribution in [1.29, 1.82) is 0 Å². The van der Waals surface area contributed by atoms with E-state index < -0.39 is 10.9 Å². The molecule has 0 aromatic carbocycles. The highest BCUT2D eigenvalue weighted by Gasteiger charge is 2.07. The highest BCUT2D eigenvalue weighted by Crippen LogP contribution is 2.27. The van der Waals surface area contributed by atoms with Crippen molar-refractivity contribution in [3.63, 3.8) is 0 Å². The molecule has 1 atom stereocenters. The smallest absolute Gasteiger partial charge is 0.169 e. The van der Waals surface area contributed by atoms with Crippen molar-refractivity contribution < 1.29 is 4.79 Å². The van der Waals surface area contributed by atoms with Crippen LogP contribution in [0.3, 0.4) is 0 Å². The predicted octanol–water partition coefficient (Wildman–Crippen LogP) is 3.69. The molecule has 0 aliphatic carbocycles. The number of thiol groups is 1. The van der Waals surface area contributed by atoms with E-state index in [1.165, 1.54) is 19.3 Å². The Morgan fingerprint density at radius 3 is 2.31 bits per heavy atom. The maximum absolute atomic E-state index is 11.5. The first-order valence-corrected chi connectivity index (χ1v) is 7.04. The molecule has 0 heterocycles. The Balaban J connectivity index is 3.45. The molecule has 0 saturated carbocycles. The number of hydrogen-bond donors (Lipinski definition) is 1. The molecule has 1 radical (unpaired) electrons. The Labute approximate surface area is 85.6 Å². The van der Waals surface area contributed by atoms with Crippen molar-refractivity contribution in [2.75, 3.05) is 5.75 Å². The van der Waals surface area contributed by atoms with Crippen LogP contribution in [0.5, 0.6) is 0 Å². The van der Waals surface area contributed by atoms with Gasteiger partial charge in [-0.2, -0.15) is 10.9 Å². The molecule has 79 valence electrons. The summed E-state index contributed by atoms with van der Waals surface area (Å²) in [4.78, 5) is 11.5. The summed E-state index contributed by atoms with van der Waals surface area (Å²) >= 11 is 0. The van der Waals surface area contributed by atoms with E-state index in [0.717, 1.165) is 25.0 Å². The second-order valence-corrected chi connectivity index (χ2v) is 5.49. The molecular weight excluding hydrogens is 180 g/mol. The summed E-state index contributed by atoms with van der Waals surface area (Å²) < 4.78 is 0. The van der Waals surface area contributed by atoms with Crippen molar-refractivity contribution in [2.24, 2.45) is 0 Å². The molecule has 0 fully saturated rings. The Kier molecular flexibility index (Phi) is 8.62. The number of unbranched alkanes of at least 4 members (excludes halogenated alkanes) is 3. The van der Waals surface area contributed by atoms with Gasteiger partial charge in [0.05, 0.1) is 0 Å². The zero-order chi connectivity index (χ0) is 10.1. The highest BCUT2D eigenvalue weighted by atomic mass is 32.2. The van der Waals surface area contributed by atoms with E-state index in [0.29, 0.717) is 5.12 Å². The van der Waals surface area contributed by atoms with Crippen LogP contribution >= 0.6 is 10.9 Å². The van der Waals surface area contributed by atoms with Gasteiger partial charge in [0.15, 0.2) is 5.12 Å². The Hall–Kier alpha value is 0.0200. The topological polar surface area (TPSA) is 17.1 Å². The van der Waals surface area contributed by atoms with Gasteiger partial charge in [-0.3, -0.25) is 4.79 Å². The normalized spacial score (nSPS) is 14.2. The summed E-state index contributed by atoms with van der Waals surface area (Å²) in [6.45, 7) is 4.32. The van der Waals surface area contributed by atoms with Gasteiger partial charge in [0.25, 0.3) is 0 Å². The summed E-state index contributed by atoms with van der Waals surface area (Å²) in [6, 6.07) is 0. The summed E-state index contributed by atoms with van der Waals surface area (Å²) in [6.07, 6.45) is 10.5. The standard InChI is InChI=1S/C11H23OS/c1-4-6-8-9-11(12)13(3)10-7-5-2/h13H,3-10H2,1-2H3. The van der Waals surface area contributed by atoms with Crippen molar-refractivity contribution in [1.82, 2.24) is 0 Å². The van der Waals surface area contributed by atoms with Crippen LogP contribution in [0.2, 0.25) is 0 Å². The van der Waals surface area contributed by atoms with E-state index in [1.54, 1.807) is 0 Å². The fourth-order valence-electron chi connectivity index (χ4n) is 1.16.